The molecule has 3 rings (SSSR count). The zero-order valence-electron chi connectivity index (χ0n) is 33.9. The van der Waals surface area contributed by atoms with Crippen LogP contribution in [0.1, 0.15) is 114 Å². The Morgan fingerprint density at radius 3 is 1.78 bits per heavy atom. The maximum atomic E-state index is 14.3. The van der Waals surface area contributed by atoms with Gasteiger partial charge in [0.25, 0.3) is 11.2 Å². The van der Waals surface area contributed by atoms with Gasteiger partial charge in [-0.1, -0.05) is 131 Å². The molecule has 5 atom stereocenters. The number of esters is 3. The number of cyclic esters (lactones) is 1. The maximum absolute atomic E-state index is 14.3. The van der Waals surface area contributed by atoms with Gasteiger partial charge in [-0.05, 0) is 43.4 Å². The van der Waals surface area contributed by atoms with Gasteiger partial charge in [-0.2, -0.15) is 26.3 Å². The van der Waals surface area contributed by atoms with Crippen molar-refractivity contribution in [3.05, 3.63) is 71.8 Å². The summed E-state index contributed by atoms with van der Waals surface area (Å²) < 4.78 is 110. The Hall–Kier alpha value is -4.53. The number of methoxy groups -OCH3 is 2. The largest absolute Gasteiger partial charge is 0.459 e. The molecule has 1 aliphatic heterocycles. The van der Waals surface area contributed by atoms with Gasteiger partial charge >= 0.3 is 30.3 Å². The number of unbranched alkanes of at least 4 members (excludes halogenated alkanes) is 10. The quantitative estimate of drug-likeness (QED) is 0.0359. The highest BCUT2D eigenvalue weighted by Crippen LogP contribution is 2.44. The highest BCUT2D eigenvalue weighted by atomic mass is 19.4. The molecule has 0 radical (unpaired) electrons. The molecule has 8 nitrogen and oxygen atoms in total. The topological polar surface area (TPSA) is 97.4 Å². The summed E-state index contributed by atoms with van der Waals surface area (Å²) in [5.41, 5.74) is -7.41. The van der Waals surface area contributed by atoms with Crippen LogP contribution in [0.25, 0.3) is 0 Å². The van der Waals surface area contributed by atoms with Crippen molar-refractivity contribution < 1.29 is 64.4 Å². The number of halogens is 6. The Morgan fingerprint density at radius 2 is 1.25 bits per heavy atom. The van der Waals surface area contributed by atoms with E-state index in [1.165, 1.54) is 48.5 Å². The van der Waals surface area contributed by atoms with Crippen LogP contribution in [0.2, 0.25) is 0 Å². The molecule has 324 valence electrons. The zero-order chi connectivity index (χ0) is 43.4. The number of hydrogen-bond donors (Lipinski definition) is 0. The molecule has 59 heavy (non-hydrogen) atoms. The normalized spacial score (nSPS) is 17.9. The predicted octanol–water partition coefficient (Wildman–Crippen LogP) is 10.1. The molecule has 0 unspecified atom stereocenters. The Labute approximate surface area is 343 Å². The number of carbonyl (C=O) groups is 3. The summed E-state index contributed by atoms with van der Waals surface area (Å²) in [7, 11) is 1.61. The fourth-order valence-electron chi connectivity index (χ4n) is 6.94. The van der Waals surface area contributed by atoms with Crippen molar-refractivity contribution in [3.63, 3.8) is 0 Å². The molecule has 1 heterocycles. The van der Waals surface area contributed by atoms with Crippen LogP contribution < -0.4 is 0 Å². The molecule has 0 spiro atoms. The number of alkyl halides is 6. The second-order valence-corrected chi connectivity index (χ2v) is 14.4. The molecular formula is C45H54F6O8. The van der Waals surface area contributed by atoms with E-state index in [9.17, 15) is 40.7 Å². The summed E-state index contributed by atoms with van der Waals surface area (Å²) in [6, 6.07) is 13.1. The second kappa shape index (κ2) is 23.9. The van der Waals surface area contributed by atoms with Crippen molar-refractivity contribution in [1.29, 1.82) is 0 Å². The van der Waals surface area contributed by atoms with Crippen molar-refractivity contribution in [1.82, 2.24) is 0 Å². The Bertz CT molecular complexity index is 1730. The second-order valence-electron chi connectivity index (χ2n) is 14.4. The maximum Gasteiger partial charge on any atom is 0.432 e. The molecule has 0 aliphatic carbocycles. The van der Waals surface area contributed by atoms with Gasteiger partial charge in [-0.3, -0.25) is 4.79 Å². The fraction of sp³-hybridized carbons (Fsp3) is 0.578. The van der Waals surface area contributed by atoms with Gasteiger partial charge in [0, 0.05) is 38.2 Å². The van der Waals surface area contributed by atoms with Crippen molar-refractivity contribution in [2.24, 2.45) is 5.92 Å². The van der Waals surface area contributed by atoms with E-state index in [4.69, 9.17) is 23.7 Å². The van der Waals surface area contributed by atoms with E-state index in [0.717, 1.165) is 90.6 Å². The molecule has 2 aromatic carbocycles. The van der Waals surface area contributed by atoms with Crippen LogP contribution in [-0.4, -0.2) is 63.3 Å². The van der Waals surface area contributed by atoms with E-state index in [2.05, 4.69) is 23.7 Å². The van der Waals surface area contributed by atoms with Crippen molar-refractivity contribution in [2.45, 2.75) is 139 Å². The highest BCUT2D eigenvalue weighted by molar-refractivity contribution is 5.83. The van der Waals surface area contributed by atoms with Crippen molar-refractivity contribution >= 4 is 17.9 Å². The average molecular weight is 837 g/mol. The molecule has 1 saturated heterocycles. The van der Waals surface area contributed by atoms with E-state index in [1.807, 2.05) is 6.92 Å². The molecule has 0 bridgehead atoms. The molecule has 14 heteroatoms. The van der Waals surface area contributed by atoms with Crippen LogP contribution in [0.3, 0.4) is 0 Å². The summed E-state index contributed by atoms with van der Waals surface area (Å²) in [5, 5.41) is 0. The van der Waals surface area contributed by atoms with Crippen LogP contribution in [0.15, 0.2) is 60.7 Å². The standard InChI is InChI=1S/C45H54F6O8/c1-4-5-18-30-37(59-41(54)43(56-3,45(49,50)51)36-28-22-17-23-29-36)31-24-15-13-11-9-7-6-8-10-12-14-19-25-34-32-38(58-39(34)52)33-57-40(53)42(55-2,44(46,47)48)35-26-20-16-21-27-35/h16-17,20-23,26-29,34,37-38H,4-12,14,18-19,25,30,32-33H2,1-3H3/t34-,37-,38-,42+,43+/m0/s1. The van der Waals surface area contributed by atoms with Crippen LogP contribution in [0.5, 0.6) is 0 Å². The lowest BCUT2D eigenvalue weighted by molar-refractivity contribution is -0.278. The molecule has 1 fully saturated rings. The molecule has 1 aliphatic rings. The van der Waals surface area contributed by atoms with E-state index >= 15 is 0 Å². The summed E-state index contributed by atoms with van der Waals surface area (Å²) >= 11 is 0. The van der Waals surface area contributed by atoms with E-state index in [0.29, 0.717) is 19.3 Å². The van der Waals surface area contributed by atoms with E-state index in [-0.39, 0.29) is 18.4 Å². The van der Waals surface area contributed by atoms with Crippen LogP contribution in [0, 0.1) is 29.6 Å². The molecule has 0 amide bonds. The lowest BCUT2D eigenvalue weighted by atomic mass is 9.92. The minimum absolute atomic E-state index is 0.247. The number of hydrogen-bond acceptors (Lipinski definition) is 8. The Morgan fingerprint density at radius 1 is 0.729 bits per heavy atom. The number of carbonyl (C=O) groups excluding carboxylic acids is 3. The summed E-state index contributed by atoms with van der Waals surface area (Å²) in [5.74, 6) is 6.97. The third-order valence-corrected chi connectivity index (χ3v) is 10.2. The van der Waals surface area contributed by atoms with Crippen LogP contribution >= 0.6 is 0 Å². The van der Waals surface area contributed by atoms with Gasteiger partial charge in [-0.25, -0.2) is 9.59 Å². The SMILES string of the molecule is CCCCC[C@@H](C#CC#CCCCCCCCCCC[C@H]1C[C@@H](COC(=O)[C@](OC)(c2ccccc2)C(F)(F)F)OC1=O)OC(=O)[C@](OC)(c1ccccc1)C(F)(F)F. The Kier molecular flexibility index (Phi) is 19.8. The molecule has 2 aromatic rings. The first-order valence-corrected chi connectivity index (χ1v) is 20.1. The first-order valence-electron chi connectivity index (χ1n) is 20.1. The number of benzene rings is 2. The minimum atomic E-state index is -5.10. The fourth-order valence-corrected chi connectivity index (χ4v) is 6.94. The first-order chi connectivity index (χ1) is 28.2. The van der Waals surface area contributed by atoms with Gasteiger partial charge in [-0.15, -0.1) is 0 Å². The third-order valence-electron chi connectivity index (χ3n) is 10.2. The number of rotatable bonds is 23. The molecular weight excluding hydrogens is 782 g/mol. The number of ether oxygens (including phenoxy) is 5. The van der Waals surface area contributed by atoms with E-state index < -0.39 is 71.8 Å². The van der Waals surface area contributed by atoms with Crippen molar-refractivity contribution in [2.75, 3.05) is 20.8 Å². The van der Waals surface area contributed by atoms with Gasteiger partial charge in [0.2, 0.25) is 0 Å². The first kappa shape index (κ1) is 48.8. The minimum Gasteiger partial charge on any atom is -0.459 e. The van der Waals surface area contributed by atoms with E-state index in [1.54, 1.807) is 0 Å². The van der Waals surface area contributed by atoms with Crippen molar-refractivity contribution in [3.8, 4) is 23.7 Å². The highest BCUT2D eigenvalue weighted by Gasteiger charge is 2.65. The summed E-state index contributed by atoms with van der Waals surface area (Å²) in [6.45, 7) is 1.47. The molecule has 0 saturated carbocycles. The van der Waals surface area contributed by atoms with Gasteiger partial charge in [0.05, 0.1) is 5.92 Å². The smallest absolute Gasteiger partial charge is 0.432 e. The predicted molar refractivity (Wildman–Crippen MR) is 207 cm³/mol. The lowest BCUT2D eigenvalue weighted by Gasteiger charge is -2.33. The van der Waals surface area contributed by atoms with Crippen LogP contribution in [0.4, 0.5) is 26.3 Å². The van der Waals surface area contributed by atoms with Crippen LogP contribution in [-0.2, 0) is 49.3 Å². The monoisotopic (exact) mass is 836 g/mol. The third kappa shape index (κ3) is 13.5. The molecule has 0 aromatic heterocycles. The molecule has 0 N–H and O–H groups in total. The lowest BCUT2D eigenvalue weighted by Crippen LogP contribution is -2.52. The Balaban J connectivity index is 1.34. The average Bonchev–Trinajstić information content (AvgIpc) is 3.56. The van der Waals surface area contributed by atoms with Gasteiger partial charge in [0.15, 0.2) is 6.10 Å². The zero-order valence-corrected chi connectivity index (χ0v) is 33.9. The van der Waals surface area contributed by atoms with Gasteiger partial charge < -0.3 is 23.7 Å². The summed E-state index contributed by atoms with van der Waals surface area (Å²) in [6.07, 6.45) is -0.710. The van der Waals surface area contributed by atoms with Gasteiger partial charge in [0.1, 0.15) is 12.7 Å². The summed E-state index contributed by atoms with van der Waals surface area (Å²) in [4.78, 5) is 38.3.